The lowest BCUT2D eigenvalue weighted by Crippen LogP contribution is -2.55. The molecule has 1 aliphatic rings. The quantitative estimate of drug-likeness (QED) is 0.838. The molecule has 1 aliphatic heterocycles. The molecule has 1 heterocycles. The second-order valence-electron chi connectivity index (χ2n) is 7.10. The Morgan fingerprint density at radius 3 is 2.70 bits per heavy atom. The second kappa shape index (κ2) is 7.65. The first-order valence-corrected chi connectivity index (χ1v) is 8.53. The topological polar surface area (TPSA) is 50.4 Å². The molecule has 2 N–H and O–H groups in total. The Morgan fingerprint density at radius 1 is 1.39 bits per heavy atom. The van der Waals surface area contributed by atoms with Crippen LogP contribution in [0.2, 0.25) is 5.02 Å². The van der Waals surface area contributed by atoms with E-state index >= 15 is 0 Å². The molecule has 4 nitrogen and oxygen atoms in total. The van der Waals surface area contributed by atoms with Gasteiger partial charge in [-0.15, -0.1) is 0 Å². The molecule has 2 rings (SSSR count). The van der Waals surface area contributed by atoms with E-state index in [1.807, 2.05) is 18.2 Å². The van der Waals surface area contributed by atoms with E-state index in [0.29, 0.717) is 19.4 Å². The van der Waals surface area contributed by atoms with Crippen molar-refractivity contribution >= 4 is 17.5 Å². The molecule has 1 saturated heterocycles. The predicted molar refractivity (Wildman–Crippen MR) is 93.8 cm³/mol. The van der Waals surface area contributed by atoms with Crippen LogP contribution in [0.15, 0.2) is 24.3 Å². The Balaban J connectivity index is 1.93. The predicted octanol–water partition coefficient (Wildman–Crippen LogP) is 2.79. The molecule has 0 bridgehead atoms. The number of amides is 1. The number of benzene rings is 1. The third-order valence-corrected chi connectivity index (χ3v) is 4.75. The highest BCUT2D eigenvalue weighted by atomic mass is 35.5. The fourth-order valence-electron chi connectivity index (χ4n) is 3.10. The molecule has 0 saturated carbocycles. The molecule has 5 heteroatoms. The standard InChI is InChI=1S/C18H27ClN2O2/c1-17(2,12-14-5-4-6-15(19)11-14)13-21-16(22)18(23-3)7-9-20-10-8-18/h4-6,11,20H,7-10,12-13H2,1-3H3,(H,21,22). The lowest BCUT2D eigenvalue weighted by molar-refractivity contribution is -0.147. The molecular formula is C18H27ClN2O2. The lowest BCUT2D eigenvalue weighted by Gasteiger charge is -2.36. The fourth-order valence-corrected chi connectivity index (χ4v) is 3.31. The van der Waals surface area contributed by atoms with E-state index in [4.69, 9.17) is 16.3 Å². The number of methoxy groups -OCH3 is 1. The van der Waals surface area contributed by atoms with Gasteiger partial charge in [-0.25, -0.2) is 0 Å². The number of rotatable bonds is 6. The Bertz CT molecular complexity index is 540. The van der Waals surface area contributed by atoms with E-state index in [9.17, 15) is 4.79 Å². The van der Waals surface area contributed by atoms with E-state index in [1.165, 1.54) is 5.56 Å². The van der Waals surface area contributed by atoms with E-state index in [1.54, 1.807) is 7.11 Å². The first-order chi connectivity index (χ1) is 10.9. The summed E-state index contributed by atoms with van der Waals surface area (Å²) in [5, 5.41) is 7.11. The van der Waals surface area contributed by atoms with E-state index in [2.05, 4.69) is 30.5 Å². The minimum Gasteiger partial charge on any atom is -0.368 e. The van der Waals surface area contributed by atoms with Gasteiger partial charge < -0.3 is 15.4 Å². The van der Waals surface area contributed by atoms with Crippen LogP contribution in [0.1, 0.15) is 32.3 Å². The molecule has 0 spiro atoms. The number of hydrogen-bond acceptors (Lipinski definition) is 3. The minimum absolute atomic E-state index is 0.000620. The van der Waals surface area contributed by atoms with E-state index in [0.717, 1.165) is 24.5 Å². The summed E-state index contributed by atoms with van der Waals surface area (Å²) in [5.74, 6) is 0.000620. The van der Waals surface area contributed by atoms with Gasteiger partial charge in [0.05, 0.1) is 0 Å². The van der Waals surface area contributed by atoms with Crippen LogP contribution in [0.5, 0.6) is 0 Å². The normalized spacial score (nSPS) is 17.7. The van der Waals surface area contributed by atoms with Gasteiger partial charge in [-0.3, -0.25) is 4.79 Å². The molecule has 1 aromatic carbocycles. The molecule has 1 aromatic rings. The van der Waals surface area contributed by atoms with E-state index < -0.39 is 5.60 Å². The molecule has 0 radical (unpaired) electrons. The summed E-state index contributed by atoms with van der Waals surface area (Å²) in [5.41, 5.74) is 0.444. The zero-order valence-electron chi connectivity index (χ0n) is 14.2. The average Bonchev–Trinajstić information content (AvgIpc) is 2.53. The maximum Gasteiger partial charge on any atom is 0.252 e. The number of ether oxygens (including phenoxy) is 1. The van der Waals surface area contributed by atoms with Crippen molar-refractivity contribution in [2.24, 2.45) is 5.41 Å². The van der Waals surface area contributed by atoms with Crippen LogP contribution in [0.25, 0.3) is 0 Å². The first-order valence-electron chi connectivity index (χ1n) is 8.16. The summed E-state index contributed by atoms with van der Waals surface area (Å²) in [6.07, 6.45) is 2.28. The molecule has 1 fully saturated rings. The van der Waals surface area contributed by atoms with Crippen molar-refractivity contribution in [3.8, 4) is 0 Å². The Labute approximate surface area is 143 Å². The highest BCUT2D eigenvalue weighted by molar-refractivity contribution is 6.30. The number of hydrogen-bond donors (Lipinski definition) is 2. The summed E-state index contributed by atoms with van der Waals surface area (Å²) in [6.45, 7) is 6.53. The van der Waals surface area contributed by atoms with Crippen molar-refractivity contribution in [3.63, 3.8) is 0 Å². The molecule has 1 amide bonds. The highest BCUT2D eigenvalue weighted by Gasteiger charge is 2.40. The molecular weight excluding hydrogens is 312 g/mol. The van der Waals surface area contributed by atoms with Crippen LogP contribution in [0.4, 0.5) is 0 Å². The van der Waals surface area contributed by atoms with Gasteiger partial charge in [-0.1, -0.05) is 37.6 Å². The van der Waals surface area contributed by atoms with Gasteiger partial charge in [0, 0.05) is 18.7 Å². The number of carbonyl (C=O) groups excluding carboxylic acids is 1. The van der Waals surface area contributed by atoms with Gasteiger partial charge in [-0.2, -0.15) is 0 Å². The van der Waals surface area contributed by atoms with Crippen molar-refractivity contribution in [2.45, 2.75) is 38.7 Å². The van der Waals surface area contributed by atoms with Gasteiger partial charge in [0.2, 0.25) is 0 Å². The van der Waals surface area contributed by atoms with Crippen molar-refractivity contribution in [2.75, 3.05) is 26.7 Å². The molecule has 0 atom stereocenters. The molecule has 128 valence electrons. The molecule has 0 aromatic heterocycles. The SMILES string of the molecule is COC1(C(=O)NCC(C)(C)Cc2cccc(Cl)c2)CCNCC1. The van der Waals surface area contributed by atoms with Gasteiger partial charge in [0.15, 0.2) is 0 Å². The molecule has 0 aliphatic carbocycles. The fraction of sp³-hybridized carbons (Fsp3) is 0.611. The zero-order chi connectivity index (χ0) is 16.9. The van der Waals surface area contributed by atoms with Crippen molar-refractivity contribution in [3.05, 3.63) is 34.9 Å². The molecule has 23 heavy (non-hydrogen) atoms. The highest BCUT2D eigenvalue weighted by Crippen LogP contribution is 2.25. The van der Waals surface area contributed by atoms with Crippen LogP contribution in [-0.2, 0) is 16.0 Å². The van der Waals surface area contributed by atoms with Gasteiger partial charge in [-0.05, 0) is 55.5 Å². The summed E-state index contributed by atoms with van der Waals surface area (Å²) in [7, 11) is 1.63. The van der Waals surface area contributed by atoms with Gasteiger partial charge in [0.1, 0.15) is 5.60 Å². The maximum atomic E-state index is 12.6. The van der Waals surface area contributed by atoms with Crippen LogP contribution >= 0.6 is 11.6 Å². The van der Waals surface area contributed by atoms with Crippen molar-refractivity contribution in [1.82, 2.24) is 10.6 Å². The zero-order valence-corrected chi connectivity index (χ0v) is 15.0. The third-order valence-electron chi connectivity index (χ3n) is 4.51. The summed E-state index contributed by atoms with van der Waals surface area (Å²) in [6, 6.07) is 7.88. The minimum atomic E-state index is -0.683. The third kappa shape index (κ3) is 4.93. The second-order valence-corrected chi connectivity index (χ2v) is 7.54. The number of nitrogens with one attached hydrogen (secondary N) is 2. The van der Waals surface area contributed by atoms with Gasteiger partial charge in [0.25, 0.3) is 5.91 Å². The first kappa shape index (κ1) is 18.2. The monoisotopic (exact) mass is 338 g/mol. The van der Waals surface area contributed by atoms with Gasteiger partial charge >= 0.3 is 0 Å². The van der Waals surface area contributed by atoms with Crippen LogP contribution in [0, 0.1) is 5.41 Å². The van der Waals surface area contributed by atoms with Crippen LogP contribution in [-0.4, -0.2) is 38.3 Å². The number of piperidine rings is 1. The van der Waals surface area contributed by atoms with E-state index in [-0.39, 0.29) is 11.3 Å². The lowest BCUT2D eigenvalue weighted by atomic mass is 9.85. The maximum absolute atomic E-state index is 12.6. The summed E-state index contributed by atoms with van der Waals surface area (Å²) in [4.78, 5) is 12.6. The smallest absolute Gasteiger partial charge is 0.252 e. The largest absolute Gasteiger partial charge is 0.368 e. The Morgan fingerprint density at radius 2 is 2.09 bits per heavy atom. The summed E-state index contributed by atoms with van der Waals surface area (Å²) < 4.78 is 5.57. The summed E-state index contributed by atoms with van der Waals surface area (Å²) >= 11 is 6.05. The molecule has 0 unspecified atom stereocenters. The average molecular weight is 339 g/mol. The van der Waals surface area contributed by atoms with Crippen LogP contribution < -0.4 is 10.6 Å². The van der Waals surface area contributed by atoms with Crippen molar-refractivity contribution < 1.29 is 9.53 Å². The van der Waals surface area contributed by atoms with Crippen LogP contribution in [0.3, 0.4) is 0 Å². The Kier molecular flexibility index (Phi) is 6.06. The number of carbonyl (C=O) groups is 1. The Hall–Kier alpha value is -1.10. The number of halogens is 1. The van der Waals surface area contributed by atoms with Crippen molar-refractivity contribution in [1.29, 1.82) is 0 Å².